The monoisotopic (exact) mass is 242 g/mol. The van der Waals surface area contributed by atoms with Crippen LogP contribution in [0.25, 0.3) is 0 Å². The van der Waals surface area contributed by atoms with Crippen molar-refractivity contribution in [2.45, 2.75) is 20.4 Å². The van der Waals surface area contributed by atoms with Gasteiger partial charge in [-0.15, -0.1) is 0 Å². The quantitative estimate of drug-likeness (QED) is 0.897. The lowest BCUT2D eigenvalue weighted by Crippen LogP contribution is -2.15. The van der Waals surface area contributed by atoms with Crippen LogP contribution in [0.4, 0.5) is 5.69 Å². The molecule has 0 saturated heterocycles. The molecule has 0 atom stereocenters. The second-order valence-electron chi connectivity index (χ2n) is 4.59. The fourth-order valence-electron chi connectivity index (χ4n) is 2.02. The van der Waals surface area contributed by atoms with Crippen LogP contribution in [0, 0.1) is 13.8 Å². The Labute approximate surface area is 107 Å². The van der Waals surface area contributed by atoms with E-state index in [1.54, 1.807) is 17.7 Å². The Bertz CT molecular complexity index is 594. The third-order valence-electron chi connectivity index (χ3n) is 3.20. The molecule has 1 aromatic heterocycles. The second kappa shape index (κ2) is 5.08. The van der Waals surface area contributed by atoms with Crippen LogP contribution < -0.4 is 10.9 Å². The van der Waals surface area contributed by atoms with E-state index >= 15 is 0 Å². The first-order valence-corrected chi connectivity index (χ1v) is 6.03. The number of rotatable bonds is 3. The molecule has 3 heteroatoms. The number of hydrogen-bond acceptors (Lipinski definition) is 2. The maximum atomic E-state index is 11.3. The summed E-state index contributed by atoms with van der Waals surface area (Å²) in [5.41, 5.74) is 4.85. The fraction of sp³-hybridized carbons (Fsp3) is 0.267. The summed E-state index contributed by atoms with van der Waals surface area (Å²) >= 11 is 0. The van der Waals surface area contributed by atoms with Crippen molar-refractivity contribution in [1.29, 1.82) is 0 Å². The highest BCUT2D eigenvalue weighted by molar-refractivity contribution is 5.43. The summed E-state index contributed by atoms with van der Waals surface area (Å²) in [6.07, 6.45) is 1.82. The Kier molecular flexibility index (Phi) is 3.51. The Balaban J connectivity index is 2.16. The van der Waals surface area contributed by atoms with Gasteiger partial charge in [-0.1, -0.05) is 18.2 Å². The first-order chi connectivity index (χ1) is 8.58. The molecule has 0 aliphatic carbocycles. The lowest BCUT2D eigenvalue weighted by atomic mass is 10.0. The number of nitrogens with one attached hydrogen (secondary N) is 1. The second-order valence-corrected chi connectivity index (χ2v) is 4.59. The molecular weight excluding hydrogens is 224 g/mol. The molecule has 0 aliphatic heterocycles. The van der Waals surface area contributed by atoms with Crippen molar-refractivity contribution >= 4 is 5.69 Å². The van der Waals surface area contributed by atoms with Crippen LogP contribution in [0.2, 0.25) is 0 Å². The van der Waals surface area contributed by atoms with Crippen molar-refractivity contribution in [3.05, 3.63) is 63.6 Å². The zero-order valence-corrected chi connectivity index (χ0v) is 11.0. The van der Waals surface area contributed by atoms with Gasteiger partial charge in [-0.05, 0) is 36.6 Å². The van der Waals surface area contributed by atoms with Gasteiger partial charge in [0.1, 0.15) is 0 Å². The van der Waals surface area contributed by atoms with Crippen LogP contribution in [0.1, 0.15) is 16.7 Å². The van der Waals surface area contributed by atoms with Crippen molar-refractivity contribution in [2.24, 2.45) is 7.05 Å². The molecule has 3 nitrogen and oxygen atoms in total. The highest BCUT2D eigenvalue weighted by Crippen LogP contribution is 2.15. The lowest BCUT2D eigenvalue weighted by Gasteiger charge is -2.12. The first kappa shape index (κ1) is 12.4. The normalized spacial score (nSPS) is 10.4. The average Bonchev–Trinajstić information content (AvgIpc) is 2.33. The molecule has 18 heavy (non-hydrogen) atoms. The van der Waals surface area contributed by atoms with E-state index < -0.39 is 0 Å². The van der Waals surface area contributed by atoms with E-state index in [0.717, 1.165) is 12.2 Å². The van der Waals surface area contributed by atoms with Gasteiger partial charge < -0.3 is 9.88 Å². The molecule has 1 N–H and O–H groups in total. The molecule has 0 aliphatic rings. The lowest BCUT2D eigenvalue weighted by molar-refractivity contribution is 0.859. The van der Waals surface area contributed by atoms with Gasteiger partial charge in [-0.2, -0.15) is 0 Å². The molecule has 94 valence electrons. The largest absolute Gasteiger partial charge is 0.380 e. The van der Waals surface area contributed by atoms with Gasteiger partial charge in [0.25, 0.3) is 0 Å². The first-order valence-electron chi connectivity index (χ1n) is 6.03. The summed E-state index contributed by atoms with van der Waals surface area (Å²) in [5, 5.41) is 3.35. The maximum Gasteiger partial charge on any atom is 0.250 e. The summed E-state index contributed by atoms with van der Waals surface area (Å²) in [6.45, 7) is 5.01. The van der Waals surface area contributed by atoms with E-state index in [4.69, 9.17) is 0 Å². The van der Waals surface area contributed by atoms with Crippen molar-refractivity contribution in [1.82, 2.24) is 4.57 Å². The van der Waals surface area contributed by atoms with Crippen LogP contribution in [-0.2, 0) is 13.6 Å². The van der Waals surface area contributed by atoms with Crippen molar-refractivity contribution in [3.63, 3.8) is 0 Å². The van der Waals surface area contributed by atoms with Crippen molar-refractivity contribution in [3.8, 4) is 0 Å². The summed E-state index contributed by atoms with van der Waals surface area (Å²) in [5.74, 6) is 0. The Morgan fingerprint density at radius 2 is 1.78 bits per heavy atom. The minimum absolute atomic E-state index is 0.00706. The predicted molar refractivity (Wildman–Crippen MR) is 74.9 cm³/mol. The van der Waals surface area contributed by atoms with Gasteiger partial charge in [0.2, 0.25) is 5.56 Å². The third-order valence-corrected chi connectivity index (χ3v) is 3.20. The molecule has 2 rings (SSSR count). The molecule has 0 spiro atoms. The summed E-state index contributed by atoms with van der Waals surface area (Å²) < 4.78 is 1.58. The van der Waals surface area contributed by atoms with Crippen LogP contribution in [0.15, 0.2) is 41.3 Å². The highest BCUT2D eigenvalue weighted by atomic mass is 16.1. The van der Waals surface area contributed by atoms with Crippen LogP contribution in [-0.4, -0.2) is 4.57 Å². The fourth-order valence-corrected chi connectivity index (χ4v) is 2.02. The summed E-state index contributed by atoms with van der Waals surface area (Å²) in [7, 11) is 1.76. The zero-order valence-electron chi connectivity index (χ0n) is 11.0. The SMILES string of the molecule is Cc1cccc(C)c1CNc1ccc(=O)n(C)c1. The van der Waals surface area contributed by atoms with Gasteiger partial charge in [-0.3, -0.25) is 4.79 Å². The van der Waals surface area contributed by atoms with Crippen molar-refractivity contribution < 1.29 is 0 Å². The summed E-state index contributed by atoms with van der Waals surface area (Å²) in [6, 6.07) is 9.69. The topological polar surface area (TPSA) is 34.0 Å². The van der Waals surface area contributed by atoms with E-state index in [-0.39, 0.29) is 5.56 Å². The number of benzene rings is 1. The van der Waals surface area contributed by atoms with E-state index in [1.807, 2.05) is 12.3 Å². The van der Waals surface area contributed by atoms with Crippen LogP contribution in [0.3, 0.4) is 0 Å². The highest BCUT2D eigenvalue weighted by Gasteiger charge is 2.02. The van der Waals surface area contributed by atoms with Gasteiger partial charge in [0.15, 0.2) is 0 Å². The molecular formula is C15H18N2O. The summed E-state index contributed by atoms with van der Waals surface area (Å²) in [4.78, 5) is 11.3. The van der Waals surface area contributed by atoms with Crippen LogP contribution in [0.5, 0.6) is 0 Å². The minimum atomic E-state index is 0.00706. The third kappa shape index (κ3) is 2.62. The number of hydrogen-bond donors (Lipinski definition) is 1. The van der Waals surface area contributed by atoms with E-state index in [2.05, 4.69) is 37.4 Å². The number of aromatic nitrogens is 1. The average molecular weight is 242 g/mol. The number of anilines is 1. The molecule has 0 amide bonds. The van der Waals surface area contributed by atoms with Gasteiger partial charge in [0, 0.05) is 25.9 Å². The molecule has 0 saturated carbocycles. The molecule has 1 aromatic carbocycles. The molecule has 2 aromatic rings. The van der Waals surface area contributed by atoms with E-state index in [9.17, 15) is 4.79 Å². The van der Waals surface area contributed by atoms with Gasteiger partial charge in [0.05, 0.1) is 5.69 Å². The smallest absolute Gasteiger partial charge is 0.250 e. The molecule has 0 radical (unpaired) electrons. The number of nitrogens with zero attached hydrogens (tertiary/aromatic N) is 1. The standard InChI is InChI=1S/C15H18N2O/c1-11-5-4-6-12(2)14(11)9-16-13-7-8-15(18)17(3)10-13/h4-8,10,16H,9H2,1-3H3. The molecule has 1 heterocycles. The minimum Gasteiger partial charge on any atom is -0.380 e. The Morgan fingerprint density at radius 1 is 1.11 bits per heavy atom. The molecule has 0 unspecified atom stereocenters. The molecule has 0 bridgehead atoms. The number of aryl methyl sites for hydroxylation is 3. The number of pyridine rings is 1. The van der Waals surface area contributed by atoms with Crippen molar-refractivity contribution in [2.75, 3.05) is 5.32 Å². The predicted octanol–water partition coefficient (Wildman–Crippen LogP) is 2.61. The van der Waals surface area contributed by atoms with Gasteiger partial charge >= 0.3 is 0 Å². The Hall–Kier alpha value is -2.03. The van der Waals surface area contributed by atoms with E-state index in [1.165, 1.54) is 16.7 Å². The van der Waals surface area contributed by atoms with Gasteiger partial charge in [-0.25, -0.2) is 0 Å². The van der Waals surface area contributed by atoms with Crippen LogP contribution >= 0.6 is 0 Å². The zero-order chi connectivity index (χ0) is 13.1. The maximum absolute atomic E-state index is 11.3. The van der Waals surface area contributed by atoms with E-state index in [0.29, 0.717) is 0 Å². The molecule has 0 fully saturated rings. The Morgan fingerprint density at radius 3 is 2.39 bits per heavy atom.